The first-order valence-corrected chi connectivity index (χ1v) is 7.45. The van der Waals surface area contributed by atoms with Crippen LogP contribution in [0.5, 0.6) is 5.75 Å². The Morgan fingerprint density at radius 1 is 1.25 bits per heavy atom. The molecule has 132 valence electrons. The highest BCUT2D eigenvalue weighted by atomic mass is 35.5. The van der Waals surface area contributed by atoms with Gasteiger partial charge in [-0.05, 0) is 37.5 Å². The number of aryl methyl sites for hydroxylation is 1. The molecule has 6 nitrogen and oxygen atoms in total. The van der Waals surface area contributed by atoms with Crippen LogP contribution < -0.4 is 10.9 Å². The fourth-order valence-electron chi connectivity index (χ4n) is 2.54. The maximum atomic E-state index is 11.9. The summed E-state index contributed by atoms with van der Waals surface area (Å²) >= 11 is 0. The fraction of sp³-hybridized carbons (Fsp3) is 0.412. The Morgan fingerprint density at radius 3 is 2.42 bits per heavy atom. The standard InChI is InChI=1S/C17H21NO5.ClH/c1-8(2)14(16(20)21)18-7-12-13(19)6-5-11-9(3)10(4)17(22)23-15(11)12;/h5-6,8,14,18-19H,7H2,1-4H3,(H,20,21);1H/t14-;/m1./s1. The Hall–Kier alpha value is -2.05. The molecule has 0 radical (unpaired) electrons. The molecule has 0 aliphatic carbocycles. The van der Waals surface area contributed by atoms with Crippen molar-refractivity contribution in [3.63, 3.8) is 0 Å². The summed E-state index contributed by atoms with van der Waals surface area (Å²) < 4.78 is 5.34. The Balaban J connectivity index is 0.00000288. The topological polar surface area (TPSA) is 99.8 Å². The number of carbonyl (C=O) groups is 1. The summed E-state index contributed by atoms with van der Waals surface area (Å²) in [6, 6.07) is 2.45. The SMILES string of the molecule is Cc1c(C)c2ccc(O)c(CN[C@@H](C(=O)O)C(C)C)c2oc1=O.Cl. The molecule has 2 aromatic rings. The van der Waals surface area contributed by atoms with Crippen LogP contribution >= 0.6 is 12.4 Å². The predicted octanol–water partition coefficient (Wildman–Crippen LogP) is 2.74. The smallest absolute Gasteiger partial charge is 0.339 e. The number of phenolic OH excluding ortho intramolecular Hbond substituents is 1. The number of carboxylic acid groups (broad SMARTS) is 1. The Bertz CT molecular complexity index is 813. The minimum Gasteiger partial charge on any atom is -0.507 e. The van der Waals surface area contributed by atoms with Crippen LogP contribution in [-0.2, 0) is 11.3 Å². The van der Waals surface area contributed by atoms with Crippen molar-refractivity contribution < 1.29 is 19.4 Å². The van der Waals surface area contributed by atoms with E-state index in [1.165, 1.54) is 6.07 Å². The zero-order valence-electron chi connectivity index (χ0n) is 14.0. The molecule has 0 amide bonds. The maximum absolute atomic E-state index is 11.9. The van der Waals surface area contributed by atoms with Gasteiger partial charge in [-0.3, -0.25) is 10.1 Å². The fourth-order valence-corrected chi connectivity index (χ4v) is 2.54. The van der Waals surface area contributed by atoms with Gasteiger partial charge < -0.3 is 14.6 Å². The van der Waals surface area contributed by atoms with Crippen molar-refractivity contribution in [1.29, 1.82) is 0 Å². The molecule has 1 aromatic heterocycles. The summed E-state index contributed by atoms with van der Waals surface area (Å²) in [4.78, 5) is 23.2. The van der Waals surface area contributed by atoms with Crippen LogP contribution in [0.4, 0.5) is 0 Å². The molecule has 2 rings (SSSR count). The molecule has 24 heavy (non-hydrogen) atoms. The van der Waals surface area contributed by atoms with E-state index in [2.05, 4.69) is 5.32 Å². The molecule has 0 aliphatic rings. The van der Waals surface area contributed by atoms with Gasteiger partial charge in [0.1, 0.15) is 17.4 Å². The molecule has 7 heteroatoms. The zero-order chi connectivity index (χ0) is 17.3. The normalized spacial score (nSPS) is 12.2. The summed E-state index contributed by atoms with van der Waals surface area (Å²) in [6.07, 6.45) is 0. The molecule has 1 aromatic carbocycles. The van der Waals surface area contributed by atoms with E-state index in [1.54, 1.807) is 26.8 Å². The Labute approximate surface area is 145 Å². The van der Waals surface area contributed by atoms with E-state index < -0.39 is 17.6 Å². The predicted molar refractivity (Wildman–Crippen MR) is 94.0 cm³/mol. The number of phenols is 1. The molecule has 0 aliphatic heterocycles. The number of hydrogen-bond donors (Lipinski definition) is 3. The zero-order valence-corrected chi connectivity index (χ0v) is 14.9. The summed E-state index contributed by atoms with van der Waals surface area (Å²) in [6.45, 7) is 7.18. The van der Waals surface area contributed by atoms with Crippen LogP contribution in [0.15, 0.2) is 21.3 Å². The molecular weight excluding hydrogens is 334 g/mol. The largest absolute Gasteiger partial charge is 0.507 e. The molecular formula is C17H22ClNO5. The van der Waals surface area contributed by atoms with Gasteiger partial charge in [-0.15, -0.1) is 12.4 Å². The molecule has 0 fully saturated rings. The van der Waals surface area contributed by atoms with Crippen LogP contribution in [0.25, 0.3) is 11.0 Å². The average molecular weight is 356 g/mol. The number of nitrogens with one attached hydrogen (secondary N) is 1. The monoisotopic (exact) mass is 355 g/mol. The number of fused-ring (bicyclic) bond motifs is 1. The third-order valence-corrected chi connectivity index (χ3v) is 4.13. The van der Waals surface area contributed by atoms with E-state index in [4.69, 9.17) is 4.42 Å². The minimum absolute atomic E-state index is 0. The van der Waals surface area contributed by atoms with Gasteiger partial charge in [0.2, 0.25) is 0 Å². The first-order valence-electron chi connectivity index (χ1n) is 7.45. The Kier molecular flexibility index (Phi) is 6.40. The molecule has 0 bridgehead atoms. The van der Waals surface area contributed by atoms with Crippen molar-refractivity contribution in [3.8, 4) is 5.75 Å². The van der Waals surface area contributed by atoms with Crippen molar-refractivity contribution in [2.75, 3.05) is 0 Å². The second-order valence-electron chi connectivity index (χ2n) is 6.02. The van der Waals surface area contributed by atoms with Crippen LogP contribution in [-0.4, -0.2) is 22.2 Å². The number of benzene rings is 1. The molecule has 3 N–H and O–H groups in total. The van der Waals surface area contributed by atoms with Gasteiger partial charge in [0.05, 0.1) is 5.56 Å². The van der Waals surface area contributed by atoms with Crippen molar-refractivity contribution in [3.05, 3.63) is 39.2 Å². The summed E-state index contributed by atoms with van der Waals surface area (Å²) in [5.74, 6) is -1.13. The lowest BCUT2D eigenvalue weighted by atomic mass is 10.0. The second-order valence-corrected chi connectivity index (χ2v) is 6.02. The van der Waals surface area contributed by atoms with Crippen molar-refractivity contribution in [2.45, 2.75) is 40.3 Å². The number of halogens is 1. The van der Waals surface area contributed by atoms with Gasteiger partial charge in [0, 0.05) is 17.5 Å². The lowest BCUT2D eigenvalue weighted by Crippen LogP contribution is -2.40. The number of rotatable bonds is 5. The van der Waals surface area contributed by atoms with Gasteiger partial charge >= 0.3 is 11.6 Å². The number of aromatic hydroxyl groups is 1. The van der Waals surface area contributed by atoms with Gasteiger partial charge in [0.15, 0.2) is 0 Å². The van der Waals surface area contributed by atoms with Gasteiger partial charge in [-0.2, -0.15) is 0 Å². The third-order valence-electron chi connectivity index (χ3n) is 4.13. The first kappa shape index (κ1) is 20.0. The number of hydrogen-bond acceptors (Lipinski definition) is 5. The van der Waals surface area contributed by atoms with Crippen LogP contribution in [0.1, 0.15) is 30.5 Å². The lowest BCUT2D eigenvalue weighted by Gasteiger charge is -2.19. The van der Waals surface area contributed by atoms with Gasteiger partial charge in [0.25, 0.3) is 0 Å². The number of carboxylic acids is 1. The maximum Gasteiger partial charge on any atom is 0.339 e. The van der Waals surface area contributed by atoms with Crippen LogP contribution in [0.2, 0.25) is 0 Å². The van der Waals surface area contributed by atoms with E-state index in [9.17, 15) is 19.8 Å². The summed E-state index contributed by atoms with van der Waals surface area (Å²) in [5, 5.41) is 23.0. The third kappa shape index (κ3) is 3.71. The van der Waals surface area contributed by atoms with E-state index in [1.807, 2.05) is 6.92 Å². The first-order chi connectivity index (χ1) is 10.7. The highest BCUT2D eigenvalue weighted by Crippen LogP contribution is 2.29. The van der Waals surface area contributed by atoms with Crippen LogP contribution in [0.3, 0.4) is 0 Å². The number of aliphatic carboxylic acids is 1. The molecule has 1 atom stereocenters. The van der Waals surface area contributed by atoms with E-state index in [-0.39, 0.29) is 30.6 Å². The van der Waals surface area contributed by atoms with Crippen LogP contribution in [0, 0.1) is 19.8 Å². The second kappa shape index (κ2) is 7.68. The van der Waals surface area contributed by atoms with E-state index in [0.29, 0.717) is 16.7 Å². The highest BCUT2D eigenvalue weighted by molar-refractivity contribution is 5.86. The molecule has 0 unspecified atom stereocenters. The van der Waals surface area contributed by atoms with Crippen molar-refractivity contribution in [1.82, 2.24) is 5.32 Å². The van der Waals surface area contributed by atoms with Crippen molar-refractivity contribution >= 4 is 29.3 Å². The lowest BCUT2D eigenvalue weighted by molar-refractivity contribution is -0.140. The van der Waals surface area contributed by atoms with Gasteiger partial charge in [-0.25, -0.2) is 4.79 Å². The van der Waals surface area contributed by atoms with E-state index in [0.717, 1.165) is 10.9 Å². The molecule has 1 heterocycles. The summed E-state index contributed by atoms with van der Waals surface area (Å²) in [5.41, 5.74) is 1.53. The van der Waals surface area contributed by atoms with Crippen molar-refractivity contribution in [2.24, 2.45) is 5.92 Å². The highest BCUT2D eigenvalue weighted by Gasteiger charge is 2.22. The van der Waals surface area contributed by atoms with E-state index >= 15 is 0 Å². The summed E-state index contributed by atoms with van der Waals surface area (Å²) in [7, 11) is 0. The molecule has 0 saturated carbocycles. The minimum atomic E-state index is -0.965. The average Bonchev–Trinajstić information content (AvgIpc) is 2.46. The Morgan fingerprint density at radius 2 is 1.88 bits per heavy atom. The molecule has 0 spiro atoms. The van der Waals surface area contributed by atoms with Gasteiger partial charge in [-0.1, -0.05) is 13.8 Å². The molecule has 0 saturated heterocycles. The quantitative estimate of drug-likeness (QED) is 0.713.